The molecule has 0 spiro atoms. The summed E-state index contributed by atoms with van der Waals surface area (Å²) in [5.74, 6) is 0.667. The normalized spacial score (nSPS) is 13.4. The van der Waals surface area contributed by atoms with E-state index in [1.807, 2.05) is 6.08 Å². The molecular formula is C13H24. The summed E-state index contributed by atoms with van der Waals surface area (Å²) < 4.78 is 0. The van der Waals surface area contributed by atoms with Crippen LogP contribution in [0.1, 0.15) is 52.4 Å². The molecule has 13 heavy (non-hydrogen) atoms. The molecule has 0 nitrogen and oxygen atoms in total. The average Bonchev–Trinajstić information content (AvgIpc) is 2.16. The van der Waals surface area contributed by atoms with Gasteiger partial charge in [-0.3, -0.25) is 0 Å². The Balaban J connectivity index is 3.16. The van der Waals surface area contributed by atoms with E-state index in [0.717, 1.165) is 0 Å². The maximum absolute atomic E-state index is 3.78. The molecule has 76 valence electrons. The summed E-state index contributed by atoms with van der Waals surface area (Å²) in [5.41, 5.74) is 0. The highest BCUT2D eigenvalue weighted by atomic mass is 14.0. The molecular weight excluding hydrogens is 156 g/mol. The zero-order valence-corrected chi connectivity index (χ0v) is 9.26. The maximum Gasteiger partial charge on any atom is -0.0262 e. The predicted molar refractivity (Wildman–Crippen MR) is 61.9 cm³/mol. The summed E-state index contributed by atoms with van der Waals surface area (Å²) >= 11 is 0. The van der Waals surface area contributed by atoms with Crippen molar-refractivity contribution in [2.24, 2.45) is 5.92 Å². The SMILES string of the molecule is C=CC(C)CCC=CCCCCC. The molecule has 0 saturated carbocycles. The lowest BCUT2D eigenvalue weighted by molar-refractivity contribution is 0.657. The zero-order valence-electron chi connectivity index (χ0n) is 9.26. The highest BCUT2D eigenvalue weighted by molar-refractivity contribution is 4.84. The van der Waals surface area contributed by atoms with Crippen molar-refractivity contribution in [1.82, 2.24) is 0 Å². The van der Waals surface area contributed by atoms with Crippen molar-refractivity contribution in [1.29, 1.82) is 0 Å². The minimum absolute atomic E-state index is 0.667. The van der Waals surface area contributed by atoms with E-state index in [0.29, 0.717) is 5.92 Å². The molecule has 0 fully saturated rings. The fourth-order valence-electron chi connectivity index (χ4n) is 1.22. The first-order valence-corrected chi connectivity index (χ1v) is 5.58. The third-order valence-electron chi connectivity index (χ3n) is 2.33. The van der Waals surface area contributed by atoms with Crippen LogP contribution in [0.25, 0.3) is 0 Å². The van der Waals surface area contributed by atoms with E-state index in [1.165, 1.54) is 38.5 Å². The smallest absolute Gasteiger partial charge is 0.0262 e. The van der Waals surface area contributed by atoms with Gasteiger partial charge in [-0.05, 0) is 31.6 Å². The highest BCUT2D eigenvalue weighted by Gasteiger charge is 1.91. The Labute approximate surface area is 83.7 Å². The first-order valence-electron chi connectivity index (χ1n) is 5.58. The summed E-state index contributed by atoms with van der Waals surface area (Å²) in [6.07, 6.45) is 14.4. The summed E-state index contributed by atoms with van der Waals surface area (Å²) in [6, 6.07) is 0. The van der Waals surface area contributed by atoms with Crippen molar-refractivity contribution in [2.45, 2.75) is 52.4 Å². The maximum atomic E-state index is 3.78. The Morgan fingerprint density at radius 2 is 1.85 bits per heavy atom. The molecule has 0 aromatic rings. The van der Waals surface area contributed by atoms with Crippen LogP contribution in [0.2, 0.25) is 0 Å². The minimum atomic E-state index is 0.667. The van der Waals surface area contributed by atoms with Gasteiger partial charge in [0, 0.05) is 0 Å². The molecule has 0 aromatic carbocycles. The molecule has 0 radical (unpaired) electrons. The fourth-order valence-corrected chi connectivity index (χ4v) is 1.22. The van der Waals surface area contributed by atoms with E-state index in [9.17, 15) is 0 Å². The number of allylic oxidation sites excluding steroid dienone is 3. The van der Waals surface area contributed by atoms with E-state index in [4.69, 9.17) is 0 Å². The predicted octanol–water partition coefficient (Wildman–Crippen LogP) is 4.73. The van der Waals surface area contributed by atoms with Crippen LogP contribution in [-0.4, -0.2) is 0 Å². The van der Waals surface area contributed by atoms with Crippen LogP contribution in [0.4, 0.5) is 0 Å². The zero-order chi connectivity index (χ0) is 9.94. The van der Waals surface area contributed by atoms with Crippen LogP contribution in [0, 0.1) is 5.92 Å². The van der Waals surface area contributed by atoms with E-state index >= 15 is 0 Å². The van der Waals surface area contributed by atoms with Gasteiger partial charge in [0.1, 0.15) is 0 Å². The molecule has 0 rings (SSSR count). The first kappa shape index (κ1) is 12.5. The van der Waals surface area contributed by atoms with Gasteiger partial charge < -0.3 is 0 Å². The molecule has 0 heteroatoms. The molecule has 0 aliphatic heterocycles. The van der Waals surface area contributed by atoms with Gasteiger partial charge in [-0.25, -0.2) is 0 Å². The fraction of sp³-hybridized carbons (Fsp3) is 0.692. The van der Waals surface area contributed by atoms with Gasteiger partial charge >= 0.3 is 0 Å². The molecule has 0 N–H and O–H groups in total. The number of hydrogen-bond acceptors (Lipinski definition) is 0. The number of rotatable bonds is 8. The second-order valence-electron chi connectivity index (χ2n) is 3.76. The van der Waals surface area contributed by atoms with Crippen molar-refractivity contribution in [3.63, 3.8) is 0 Å². The van der Waals surface area contributed by atoms with Crippen molar-refractivity contribution in [2.75, 3.05) is 0 Å². The summed E-state index contributed by atoms with van der Waals surface area (Å²) in [4.78, 5) is 0. The van der Waals surface area contributed by atoms with E-state index in [2.05, 4.69) is 32.6 Å². The second kappa shape index (κ2) is 9.57. The van der Waals surface area contributed by atoms with Gasteiger partial charge in [0.25, 0.3) is 0 Å². The number of unbranched alkanes of at least 4 members (excludes halogenated alkanes) is 3. The van der Waals surface area contributed by atoms with Crippen LogP contribution in [0.5, 0.6) is 0 Å². The standard InChI is InChI=1S/C13H24/c1-4-6-7-8-9-10-11-12-13(3)5-2/h5,9-10,13H,2,4,6-8,11-12H2,1,3H3. The van der Waals surface area contributed by atoms with Crippen LogP contribution in [-0.2, 0) is 0 Å². The molecule has 1 atom stereocenters. The molecule has 0 aliphatic rings. The lowest BCUT2D eigenvalue weighted by Crippen LogP contribution is -1.85. The van der Waals surface area contributed by atoms with Gasteiger partial charge in [0.05, 0.1) is 0 Å². The minimum Gasteiger partial charge on any atom is -0.103 e. The van der Waals surface area contributed by atoms with Gasteiger partial charge in [-0.2, -0.15) is 0 Å². The van der Waals surface area contributed by atoms with E-state index in [1.54, 1.807) is 0 Å². The monoisotopic (exact) mass is 180 g/mol. The van der Waals surface area contributed by atoms with E-state index < -0.39 is 0 Å². The highest BCUT2D eigenvalue weighted by Crippen LogP contribution is 2.07. The van der Waals surface area contributed by atoms with Gasteiger partial charge in [0.2, 0.25) is 0 Å². The van der Waals surface area contributed by atoms with Crippen molar-refractivity contribution in [3.05, 3.63) is 24.8 Å². The Morgan fingerprint density at radius 3 is 2.46 bits per heavy atom. The van der Waals surface area contributed by atoms with Crippen LogP contribution in [0.15, 0.2) is 24.8 Å². The summed E-state index contributed by atoms with van der Waals surface area (Å²) in [5, 5.41) is 0. The molecule has 0 aromatic heterocycles. The molecule has 0 bridgehead atoms. The van der Waals surface area contributed by atoms with Crippen LogP contribution >= 0.6 is 0 Å². The van der Waals surface area contributed by atoms with Crippen molar-refractivity contribution >= 4 is 0 Å². The molecule has 1 unspecified atom stereocenters. The third-order valence-corrected chi connectivity index (χ3v) is 2.33. The van der Waals surface area contributed by atoms with Gasteiger partial charge in [0.15, 0.2) is 0 Å². The van der Waals surface area contributed by atoms with Crippen LogP contribution in [0.3, 0.4) is 0 Å². The first-order chi connectivity index (χ1) is 6.31. The molecule has 0 saturated heterocycles. The molecule has 0 aliphatic carbocycles. The lowest BCUT2D eigenvalue weighted by Gasteiger charge is -2.00. The summed E-state index contributed by atoms with van der Waals surface area (Å²) in [7, 11) is 0. The summed E-state index contributed by atoms with van der Waals surface area (Å²) in [6.45, 7) is 8.24. The van der Waals surface area contributed by atoms with Gasteiger partial charge in [-0.1, -0.05) is 44.9 Å². The molecule has 0 heterocycles. The largest absolute Gasteiger partial charge is 0.103 e. The third kappa shape index (κ3) is 9.39. The van der Waals surface area contributed by atoms with Crippen molar-refractivity contribution < 1.29 is 0 Å². The Kier molecular flexibility index (Phi) is 9.18. The molecule has 0 amide bonds. The number of hydrogen-bond donors (Lipinski definition) is 0. The quantitative estimate of drug-likeness (QED) is 0.374. The Hall–Kier alpha value is -0.520. The van der Waals surface area contributed by atoms with E-state index in [-0.39, 0.29) is 0 Å². The average molecular weight is 180 g/mol. The van der Waals surface area contributed by atoms with Gasteiger partial charge in [-0.15, -0.1) is 6.58 Å². The Bertz CT molecular complexity index is 133. The topological polar surface area (TPSA) is 0 Å². The lowest BCUT2D eigenvalue weighted by atomic mass is 10.1. The van der Waals surface area contributed by atoms with Crippen molar-refractivity contribution in [3.8, 4) is 0 Å². The Morgan fingerprint density at radius 1 is 1.15 bits per heavy atom. The second-order valence-corrected chi connectivity index (χ2v) is 3.76. The van der Waals surface area contributed by atoms with Crippen LogP contribution < -0.4 is 0 Å².